The molecule has 0 bridgehead atoms. The largest absolute Gasteiger partial charge is 0.410 e. The Balaban J connectivity index is 2.67. The van der Waals surface area contributed by atoms with E-state index in [1.807, 2.05) is 6.07 Å². The molecule has 0 fully saturated rings. The average Bonchev–Trinajstić information content (AvgIpc) is 2.68. The van der Waals surface area contributed by atoms with Crippen LogP contribution in [0.5, 0.6) is 0 Å². The minimum atomic E-state index is -0.894. The van der Waals surface area contributed by atoms with E-state index in [1.54, 1.807) is 0 Å². The van der Waals surface area contributed by atoms with Crippen LogP contribution in [0.3, 0.4) is 0 Å². The zero-order valence-corrected chi connectivity index (χ0v) is 25.6. The Bertz CT molecular complexity index is 940. The van der Waals surface area contributed by atoms with Crippen molar-refractivity contribution in [3.8, 4) is 0 Å². The third-order valence-electron chi connectivity index (χ3n) is 5.32. The predicted molar refractivity (Wildman–Crippen MR) is 151 cm³/mol. The fourth-order valence-corrected chi connectivity index (χ4v) is 6.16. The van der Waals surface area contributed by atoms with Crippen molar-refractivity contribution in [1.29, 1.82) is 0 Å². The molecule has 0 aliphatic rings. The Labute approximate surface area is 214 Å². The molecule has 0 heterocycles. The van der Waals surface area contributed by atoms with E-state index in [9.17, 15) is 0 Å². The van der Waals surface area contributed by atoms with E-state index in [0.29, 0.717) is 0 Å². The summed E-state index contributed by atoms with van der Waals surface area (Å²) in [6.45, 7) is 22.5. The van der Waals surface area contributed by atoms with Gasteiger partial charge in [0.25, 0.3) is 0 Å². The molecule has 0 N–H and O–H groups in total. The lowest BCUT2D eigenvalue weighted by molar-refractivity contribution is 0.0656. The highest BCUT2D eigenvalue weighted by Gasteiger charge is 2.36. The molecule has 2 aromatic rings. The monoisotopic (exact) mass is 544 g/mol. The van der Waals surface area contributed by atoms with Gasteiger partial charge in [-0.05, 0) is 71.4 Å². The first-order valence-corrected chi connectivity index (χ1v) is 17.3. The van der Waals surface area contributed by atoms with E-state index in [0.717, 1.165) is 4.47 Å². The van der Waals surface area contributed by atoms with Crippen LogP contribution < -0.4 is 0 Å². The predicted octanol–water partition coefficient (Wildman–Crippen LogP) is 9.33. The van der Waals surface area contributed by atoms with Crippen LogP contribution in [0.4, 0.5) is 0 Å². The highest BCUT2D eigenvalue weighted by molar-refractivity contribution is 9.10. The summed E-state index contributed by atoms with van der Waals surface area (Å²) in [5.41, 5.74) is 4.81. The van der Waals surface area contributed by atoms with E-state index in [4.69, 9.17) is 8.85 Å². The third kappa shape index (κ3) is 8.32. The molecule has 180 valence electrons. The van der Waals surface area contributed by atoms with Gasteiger partial charge in [0.05, 0.1) is 12.2 Å². The molecule has 0 amide bonds. The van der Waals surface area contributed by atoms with Gasteiger partial charge in [-0.1, -0.05) is 100.0 Å². The number of hydrogen-bond donors (Lipinski definition) is 0. The summed E-state index contributed by atoms with van der Waals surface area (Å²) in [6, 6.07) is 15.1. The Morgan fingerprint density at radius 2 is 1.24 bits per heavy atom. The second-order valence-corrected chi connectivity index (χ2v) is 16.2. The lowest BCUT2D eigenvalue weighted by Gasteiger charge is -2.39. The van der Waals surface area contributed by atoms with Crippen LogP contribution in [0, 0.1) is 10.8 Å². The number of rotatable bonds is 8. The molecule has 2 nitrogen and oxygen atoms in total. The molecule has 0 saturated heterocycles. The van der Waals surface area contributed by atoms with Crippen molar-refractivity contribution in [3.63, 3.8) is 0 Å². The molecular formula is C28H41BrO2Si2. The first-order valence-electron chi connectivity index (χ1n) is 11.7. The van der Waals surface area contributed by atoms with Crippen LogP contribution in [0.2, 0.25) is 26.2 Å². The standard InChI is InChI=1S/C28H41BrO2Si2/c1-27(2,3)25(30-32(7)8)22-18-16-20(15-17-21-13-11-12-14-24(21)29)19-23(22)26(28(4,5)6)31-33(9)10/h11-19,25-26H,1-10H3/b17-15+. The van der Waals surface area contributed by atoms with Crippen molar-refractivity contribution < 1.29 is 8.85 Å². The van der Waals surface area contributed by atoms with Gasteiger partial charge in [0, 0.05) is 4.47 Å². The van der Waals surface area contributed by atoms with Crippen LogP contribution in [-0.2, 0) is 8.85 Å². The third-order valence-corrected chi connectivity index (χ3v) is 7.45. The molecule has 2 aromatic carbocycles. The van der Waals surface area contributed by atoms with Gasteiger partial charge in [0.2, 0.25) is 18.1 Å². The lowest BCUT2D eigenvalue weighted by Crippen LogP contribution is -2.31. The van der Waals surface area contributed by atoms with Gasteiger partial charge in [-0.25, -0.2) is 0 Å². The molecule has 0 aliphatic carbocycles. The van der Waals surface area contributed by atoms with Gasteiger partial charge in [-0.15, -0.1) is 0 Å². The van der Waals surface area contributed by atoms with Crippen LogP contribution in [0.25, 0.3) is 12.2 Å². The fourth-order valence-electron chi connectivity index (χ4n) is 3.84. The Morgan fingerprint density at radius 3 is 1.73 bits per heavy atom. The zero-order chi connectivity index (χ0) is 25.0. The molecule has 0 spiro atoms. The minimum Gasteiger partial charge on any atom is -0.410 e. The molecule has 0 aromatic heterocycles. The summed E-state index contributed by atoms with van der Waals surface area (Å²) < 4.78 is 14.4. The van der Waals surface area contributed by atoms with E-state index in [1.165, 1.54) is 22.3 Å². The van der Waals surface area contributed by atoms with E-state index in [2.05, 4.69) is 132 Å². The molecule has 2 atom stereocenters. The van der Waals surface area contributed by atoms with Crippen molar-refractivity contribution >= 4 is 46.2 Å². The van der Waals surface area contributed by atoms with Crippen molar-refractivity contribution in [2.75, 3.05) is 0 Å². The van der Waals surface area contributed by atoms with Gasteiger partial charge < -0.3 is 8.85 Å². The maximum absolute atomic E-state index is 6.67. The quantitative estimate of drug-likeness (QED) is 0.243. The average molecular weight is 546 g/mol. The Morgan fingerprint density at radius 1 is 0.727 bits per heavy atom. The molecule has 0 aliphatic heterocycles. The fraction of sp³-hybridized carbons (Fsp3) is 0.500. The van der Waals surface area contributed by atoms with Gasteiger partial charge in [0.1, 0.15) is 0 Å². The summed E-state index contributed by atoms with van der Waals surface area (Å²) >= 11 is 3.65. The van der Waals surface area contributed by atoms with Crippen LogP contribution in [0.15, 0.2) is 46.9 Å². The summed E-state index contributed by atoms with van der Waals surface area (Å²) in [4.78, 5) is 0. The van der Waals surface area contributed by atoms with E-state index < -0.39 is 18.1 Å². The summed E-state index contributed by atoms with van der Waals surface area (Å²) in [5.74, 6) is 0. The zero-order valence-electron chi connectivity index (χ0n) is 22.0. The molecule has 0 saturated carbocycles. The molecule has 2 rings (SSSR count). The molecule has 2 unspecified atom stereocenters. The first-order chi connectivity index (χ1) is 15.2. The van der Waals surface area contributed by atoms with Gasteiger partial charge in [0.15, 0.2) is 0 Å². The molecular weight excluding hydrogens is 504 g/mol. The summed E-state index contributed by atoms with van der Waals surface area (Å²) in [7, 11) is -1.77. The minimum absolute atomic E-state index is 0.00559. The van der Waals surface area contributed by atoms with Crippen molar-refractivity contribution in [2.24, 2.45) is 10.8 Å². The number of halogens is 1. The second-order valence-electron chi connectivity index (χ2n) is 11.3. The molecule has 2 radical (unpaired) electrons. The van der Waals surface area contributed by atoms with Crippen molar-refractivity contribution in [1.82, 2.24) is 0 Å². The summed E-state index contributed by atoms with van der Waals surface area (Å²) in [5, 5.41) is 0. The van der Waals surface area contributed by atoms with Crippen LogP contribution in [0.1, 0.15) is 76.0 Å². The van der Waals surface area contributed by atoms with Crippen LogP contribution >= 0.6 is 15.9 Å². The Hall–Kier alpha value is -0.986. The Kier molecular flexibility index (Phi) is 9.96. The van der Waals surface area contributed by atoms with Gasteiger partial charge in [-0.2, -0.15) is 0 Å². The van der Waals surface area contributed by atoms with Gasteiger partial charge in [-0.3, -0.25) is 0 Å². The van der Waals surface area contributed by atoms with Crippen molar-refractivity contribution in [3.05, 3.63) is 69.2 Å². The lowest BCUT2D eigenvalue weighted by atomic mass is 9.77. The highest BCUT2D eigenvalue weighted by atomic mass is 79.9. The van der Waals surface area contributed by atoms with Crippen LogP contribution in [-0.4, -0.2) is 18.1 Å². The maximum atomic E-state index is 6.67. The number of hydrogen-bond acceptors (Lipinski definition) is 2. The van der Waals surface area contributed by atoms with E-state index >= 15 is 0 Å². The maximum Gasteiger partial charge on any atom is 0.205 e. The second kappa shape index (κ2) is 11.6. The van der Waals surface area contributed by atoms with E-state index in [-0.39, 0.29) is 23.0 Å². The molecule has 33 heavy (non-hydrogen) atoms. The summed E-state index contributed by atoms with van der Waals surface area (Å²) in [6.07, 6.45) is 4.39. The normalized spacial score (nSPS) is 14.9. The van der Waals surface area contributed by atoms with Crippen molar-refractivity contribution in [2.45, 2.75) is 79.9 Å². The molecule has 5 heteroatoms. The SMILES string of the molecule is C[Si](C)OC(c1ccc(/C=C/c2ccccc2Br)cc1C(O[Si](C)C)C(C)(C)C)C(C)(C)C. The van der Waals surface area contributed by atoms with Gasteiger partial charge >= 0.3 is 0 Å². The topological polar surface area (TPSA) is 18.5 Å². The number of benzene rings is 2. The first kappa shape index (κ1) is 28.3. The smallest absolute Gasteiger partial charge is 0.205 e. The highest BCUT2D eigenvalue weighted by Crippen LogP contribution is 2.45.